The number of aryl methyl sites for hydroxylation is 2. The second-order valence-corrected chi connectivity index (χ2v) is 3.65. The number of ether oxygens (including phenoxy) is 1. The summed E-state index contributed by atoms with van der Waals surface area (Å²) in [5, 5.41) is 12.5. The first kappa shape index (κ1) is 11.2. The van der Waals surface area contributed by atoms with Gasteiger partial charge in [0.25, 0.3) is 0 Å². The summed E-state index contributed by atoms with van der Waals surface area (Å²) in [6, 6.07) is 0. The number of carbonyl (C=O) groups is 1. The number of aromatic nitrogens is 2. The quantitative estimate of drug-likeness (QED) is 0.883. The van der Waals surface area contributed by atoms with Gasteiger partial charge in [-0.3, -0.25) is 4.68 Å². The van der Waals surface area contributed by atoms with Crippen molar-refractivity contribution in [2.24, 2.45) is 7.05 Å². The predicted molar refractivity (Wildman–Crippen MR) is 52.9 cm³/mol. The third-order valence-electron chi connectivity index (χ3n) is 1.73. The highest BCUT2D eigenvalue weighted by atomic mass is 79.9. The van der Waals surface area contributed by atoms with Crippen molar-refractivity contribution in [1.29, 1.82) is 0 Å². The van der Waals surface area contributed by atoms with Gasteiger partial charge in [-0.05, 0) is 22.9 Å². The van der Waals surface area contributed by atoms with E-state index in [4.69, 9.17) is 9.84 Å². The fourth-order valence-electron chi connectivity index (χ4n) is 1.07. The normalized spacial score (nSPS) is 10.5. The van der Waals surface area contributed by atoms with Gasteiger partial charge in [0, 0.05) is 7.05 Å². The van der Waals surface area contributed by atoms with Crippen LogP contribution < -0.4 is 0 Å². The number of rotatable bonds is 4. The van der Waals surface area contributed by atoms with E-state index in [2.05, 4.69) is 21.0 Å². The van der Waals surface area contributed by atoms with Gasteiger partial charge in [-0.1, -0.05) is 0 Å². The Hall–Kier alpha value is -0.880. The summed E-state index contributed by atoms with van der Waals surface area (Å²) in [6.45, 7) is 1.81. The van der Waals surface area contributed by atoms with Crippen molar-refractivity contribution in [2.45, 2.75) is 13.5 Å². The molecular formula is C8H11BrN2O3. The molecule has 1 N–H and O–H groups in total. The Bertz CT molecular complexity index is 349. The molecule has 0 spiro atoms. The van der Waals surface area contributed by atoms with Crippen molar-refractivity contribution in [2.75, 3.05) is 6.61 Å². The molecule has 0 aliphatic carbocycles. The van der Waals surface area contributed by atoms with Gasteiger partial charge in [0.15, 0.2) is 0 Å². The topological polar surface area (TPSA) is 64.4 Å². The highest BCUT2D eigenvalue weighted by Crippen LogP contribution is 2.20. The number of nitrogens with zero attached hydrogens (tertiary/aromatic N) is 2. The van der Waals surface area contributed by atoms with E-state index >= 15 is 0 Å². The van der Waals surface area contributed by atoms with Crippen LogP contribution in [0.4, 0.5) is 0 Å². The molecule has 0 unspecified atom stereocenters. The smallest absolute Gasteiger partial charge is 0.329 e. The first-order valence-electron chi connectivity index (χ1n) is 4.00. The largest absolute Gasteiger partial charge is 0.480 e. The molecule has 14 heavy (non-hydrogen) atoms. The average Bonchev–Trinajstić information content (AvgIpc) is 2.31. The minimum absolute atomic E-state index is 0.240. The monoisotopic (exact) mass is 262 g/mol. The van der Waals surface area contributed by atoms with E-state index in [9.17, 15) is 4.79 Å². The zero-order chi connectivity index (χ0) is 10.7. The molecule has 1 heterocycles. The number of hydrogen-bond acceptors (Lipinski definition) is 3. The maximum atomic E-state index is 10.2. The van der Waals surface area contributed by atoms with Gasteiger partial charge in [0.2, 0.25) is 0 Å². The standard InChI is InChI=1S/C8H11BrN2O3/c1-5-8(9)6(11(2)10-5)3-14-4-7(12)13/h3-4H2,1-2H3,(H,12,13). The first-order chi connectivity index (χ1) is 6.52. The molecule has 78 valence electrons. The molecule has 0 atom stereocenters. The second-order valence-electron chi connectivity index (χ2n) is 2.86. The summed E-state index contributed by atoms with van der Waals surface area (Å²) in [6.07, 6.45) is 0. The average molecular weight is 263 g/mol. The summed E-state index contributed by atoms with van der Waals surface area (Å²) in [7, 11) is 1.79. The van der Waals surface area contributed by atoms with E-state index in [1.54, 1.807) is 11.7 Å². The van der Waals surface area contributed by atoms with E-state index in [1.807, 2.05) is 6.92 Å². The van der Waals surface area contributed by atoms with Crippen molar-refractivity contribution >= 4 is 21.9 Å². The van der Waals surface area contributed by atoms with Gasteiger partial charge in [-0.2, -0.15) is 5.10 Å². The van der Waals surface area contributed by atoms with Gasteiger partial charge in [-0.15, -0.1) is 0 Å². The molecule has 0 aliphatic rings. The molecule has 0 amide bonds. The van der Waals surface area contributed by atoms with Crippen LogP contribution in [0.5, 0.6) is 0 Å². The molecule has 0 bridgehead atoms. The maximum absolute atomic E-state index is 10.2. The van der Waals surface area contributed by atoms with Crippen LogP contribution in [0.1, 0.15) is 11.4 Å². The summed E-state index contributed by atoms with van der Waals surface area (Å²) in [4.78, 5) is 10.2. The number of carboxylic acid groups (broad SMARTS) is 1. The molecule has 0 aliphatic heterocycles. The number of carboxylic acids is 1. The highest BCUT2D eigenvalue weighted by Gasteiger charge is 2.10. The lowest BCUT2D eigenvalue weighted by Crippen LogP contribution is -2.09. The second kappa shape index (κ2) is 4.56. The van der Waals surface area contributed by atoms with Crippen molar-refractivity contribution in [3.63, 3.8) is 0 Å². The molecule has 0 fully saturated rings. The lowest BCUT2D eigenvalue weighted by atomic mass is 10.4. The first-order valence-corrected chi connectivity index (χ1v) is 4.79. The van der Waals surface area contributed by atoms with Crippen LogP contribution in [0.2, 0.25) is 0 Å². The molecule has 5 nitrogen and oxygen atoms in total. The SMILES string of the molecule is Cc1nn(C)c(COCC(=O)O)c1Br. The third kappa shape index (κ3) is 2.55. The van der Waals surface area contributed by atoms with E-state index in [0.29, 0.717) is 0 Å². The van der Waals surface area contributed by atoms with Gasteiger partial charge in [0.1, 0.15) is 6.61 Å². The number of hydrogen-bond donors (Lipinski definition) is 1. The maximum Gasteiger partial charge on any atom is 0.329 e. The van der Waals surface area contributed by atoms with Crippen LogP contribution in [0.3, 0.4) is 0 Å². The Balaban J connectivity index is 2.62. The minimum atomic E-state index is -0.972. The molecule has 0 saturated carbocycles. The Morgan fingerprint density at radius 1 is 1.71 bits per heavy atom. The molecule has 1 aromatic rings. The van der Waals surface area contributed by atoms with E-state index in [-0.39, 0.29) is 13.2 Å². The lowest BCUT2D eigenvalue weighted by molar-refractivity contribution is -0.142. The molecule has 6 heteroatoms. The van der Waals surface area contributed by atoms with E-state index in [0.717, 1.165) is 15.9 Å². The van der Waals surface area contributed by atoms with Crippen LogP contribution >= 0.6 is 15.9 Å². The predicted octanol–water partition coefficient (Wildman–Crippen LogP) is 1.09. The van der Waals surface area contributed by atoms with Gasteiger partial charge < -0.3 is 9.84 Å². The van der Waals surface area contributed by atoms with E-state index < -0.39 is 5.97 Å². The Morgan fingerprint density at radius 2 is 2.36 bits per heavy atom. The van der Waals surface area contributed by atoms with Gasteiger partial charge >= 0.3 is 5.97 Å². The van der Waals surface area contributed by atoms with Crippen LogP contribution in [0, 0.1) is 6.92 Å². The fourth-order valence-corrected chi connectivity index (χ4v) is 1.52. The third-order valence-corrected chi connectivity index (χ3v) is 2.76. The van der Waals surface area contributed by atoms with Gasteiger partial charge in [-0.25, -0.2) is 4.79 Å². The molecule has 1 aromatic heterocycles. The number of aliphatic carboxylic acids is 1. The molecule has 0 radical (unpaired) electrons. The summed E-state index contributed by atoms with van der Waals surface area (Å²) < 4.78 is 7.50. The van der Waals surface area contributed by atoms with Crippen LogP contribution in [0.15, 0.2) is 4.47 Å². The number of halogens is 1. The Morgan fingerprint density at radius 3 is 2.79 bits per heavy atom. The van der Waals surface area contributed by atoms with Crippen LogP contribution in [-0.4, -0.2) is 27.5 Å². The molecule has 1 rings (SSSR count). The summed E-state index contributed by atoms with van der Waals surface area (Å²) in [5.41, 5.74) is 1.70. The van der Waals surface area contributed by atoms with Gasteiger partial charge in [0.05, 0.1) is 22.5 Å². The lowest BCUT2D eigenvalue weighted by Gasteiger charge is -2.02. The van der Waals surface area contributed by atoms with Crippen molar-refractivity contribution in [3.05, 3.63) is 15.9 Å². The molecule has 0 saturated heterocycles. The molecule has 0 aromatic carbocycles. The Labute approximate surface area is 89.8 Å². The van der Waals surface area contributed by atoms with E-state index in [1.165, 1.54) is 0 Å². The minimum Gasteiger partial charge on any atom is -0.480 e. The molecular weight excluding hydrogens is 252 g/mol. The van der Waals surface area contributed by atoms with Crippen LogP contribution in [-0.2, 0) is 23.2 Å². The summed E-state index contributed by atoms with van der Waals surface area (Å²) in [5.74, 6) is -0.972. The van der Waals surface area contributed by atoms with Crippen molar-refractivity contribution in [3.8, 4) is 0 Å². The zero-order valence-corrected chi connectivity index (χ0v) is 9.54. The summed E-state index contributed by atoms with van der Waals surface area (Å²) >= 11 is 3.36. The zero-order valence-electron chi connectivity index (χ0n) is 7.95. The van der Waals surface area contributed by atoms with Crippen molar-refractivity contribution in [1.82, 2.24) is 9.78 Å². The fraction of sp³-hybridized carbons (Fsp3) is 0.500. The van der Waals surface area contributed by atoms with Crippen LogP contribution in [0.25, 0.3) is 0 Å². The highest BCUT2D eigenvalue weighted by molar-refractivity contribution is 9.10. The Kier molecular flexibility index (Phi) is 3.65. The van der Waals surface area contributed by atoms with Crippen molar-refractivity contribution < 1.29 is 14.6 Å².